The van der Waals surface area contributed by atoms with Crippen molar-refractivity contribution in [1.82, 2.24) is 10.3 Å². The molecular formula is C14H21ClN4. The number of hydrogen-bond acceptors (Lipinski definition) is 2. The largest absolute Gasteiger partial charge is 0.341 e. The van der Waals surface area contributed by atoms with Crippen LogP contribution in [-0.4, -0.2) is 23.9 Å². The number of nitrogens with one attached hydrogen (secondary N) is 1. The molecule has 104 valence electrons. The van der Waals surface area contributed by atoms with Crippen molar-refractivity contribution in [2.24, 2.45) is 10.8 Å². The average molecular weight is 281 g/mol. The molecule has 19 heavy (non-hydrogen) atoms. The molecule has 0 saturated heterocycles. The molecule has 0 heterocycles. The van der Waals surface area contributed by atoms with E-state index in [2.05, 4.69) is 10.4 Å². The second-order valence-corrected chi connectivity index (χ2v) is 5.39. The summed E-state index contributed by atoms with van der Waals surface area (Å²) in [6.07, 6.45) is 4.84. The van der Waals surface area contributed by atoms with Gasteiger partial charge in [-0.15, -0.1) is 0 Å². The van der Waals surface area contributed by atoms with Gasteiger partial charge in [0.1, 0.15) is 0 Å². The van der Waals surface area contributed by atoms with E-state index in [4.69, 9.17) is 17.4 Å². The summed E-state index contributed by atoms with van der Waals surface area (Å²) < 4.78 is 0. The minimum Gasteiger partial charge on any atom is -0.341 e. The fourth-order valence-electron chi connectivity index (χ4n) is 2.41. The van der Waals surface area contributed by atoms with Crippen LogP contribution in [0.15, 0.2) is 29.3 Å². The number of rotatable bonds is 3. The van der Waals surface area contributed by atoms with Crippen molar-refractivity contribution in [3.05, 3.63) is 34.9 Å². The zero-order valence-corrected chi connectivity index (χ0v) is 12.0. The summed E-state index contributed by atoms with van der Waals surface area (Å²) >= 11 is 6.17. The van der Waals surface area contributed by atoms with Gasteiger partial charge in [-0.25, -0.2) is 10.8 Å². The van der Waals surface area contributed by atoms with E-state index in [9.17, 15) is 0 Å². The normalized spacial score (nSPS) is 16.7. The lowest BCUT2D eigenvalue weighted by Crippen LogP contribution is -2.43. The van der Waals surface area contributed by atoms with Gasteiger partial charge in [0.05, 0.1) is 6.04 Å². The van der Waals surface area contributed by atoms with Crippen molar-refractivity contribution in [3.8, 4) is 0 Å². The molecule has 0 amide bonds. The first-order chi connectivity index (χ1) is 9.20. The standard InChI is InChI=1S/C14H21ClN4/c1-19(10-11-6-2-5-9-13(11)15)14(18-16)17-12-7-3-4-8-12/h2,5-6,9,12H,3-4,7-8,10,16H2,1H3,(H,17,18). The van der Waals surface area contributed by atoms with Gasteiger partial charge in [0.2, 0.25) is 5.96 Å². The molecule has 0 aliphatic heterocycles. The quantitative estimate of drug-likeness (QED) is 0.387. The van der Waals surface area contributed by atoms with Crippen LogP contribution in [0.1, 0.15) is 31.2 Å². The molecule has 1 aromatic carbocycles. The third kappa shape index (κ3) is 3.85. The number of nitrogens with two attached hydrogens (primary N) is 1. The van der Waals surface area contributed by atoms with Crippen LogP contribution in [0.2, 0.25) is 5.02 Å². The molecule has 1 aliphatic rings. The number of halogens is 1. The Morgan fingerprint density at radius 1 is 1.42 bits per heavy atom. The number of hydrogen-bond donors (Lipinski definition) is 2. The molecule has 2 rings (SSSR count). The molecule has 0 radical (unpaired) electrons. The number of aliphatic imine (C=N–C) groups is 1. The summed E-state index contributed by atoms with van der Waals surface area (Å²) in [5, 5.41) is 0.770. The first kappa shape index (κ1) is 14.2. The van der Waals surface area contributed by atoms with Gasteiger partial charge in [-0.1, -0.05) is 42.6 Å². The van der Waals surface area contributed by atoms with Crippen LogP contribution in [0.25, 0.3) is 0 Å². The van der Waals surface area contributed by atoms with Crippen molar-refractivity contribution < 1.29 is 0 Å². The minimum absolute atomic E-state index is 0.403. The van der Waals surface area contributed by atoms with Crippen molar-refractivity contribution in [2.45, 2.75) is 38.3 Å². The highest BCUT2D eigenvalue weighted by Crippen LogP contribution is 2.21. The van der Waals surface area contributed by atoms with Crippen LogP contribution in [0.5, 0.6) is 0 Å². The Kier molecular flexibility index (Phi) is 5.05. The number of benzene rings is 1. The Morgan fingerprint density at radius 3 is 2.74 bits per heavy atom. The molecule has 0 aromatic heterocycles. The van der Waals surface area contributed by atoms with Gasteiger partial charge in [0, 0.05) is 18.6 Å². The molecular weight excluding hydrogens is 260 g/mol. The second-order valence-electron chi connectivity index (χ2n) is 4.98. The van der Waals surface area contributed by atoms with Crippen molar-refractivity contribution in [3.63, 3.8) is 0 Å². The SMILES string of the molecule is CN(Cc1ccccc1Cl)C(=NC1CCCC1)NN. The number of hydrazine groups is 1. The summed E-state index contributed by atoms with van der Waals surface area (Å²) in [5.74, 6) is 6.32. The fourth-order valence-corrected chi connectivity index (χ4v) is 2.60. The van der Waals surface area contributed by atoms with E-state index < -0.39 is 0 Å². The molecule has 1 fully saturated rings. The van der Waals surface area contributed by atoms with Crippen LogP contribution in [-0.2, 0) is 6.54 Å². The summed E-state index contributed by atoms with van der Waals surface area (Å²) in [4.78, 5) is 6.68. The lowest BCUT2D eigenvalue weighted by Gasteiger charge is -2.22. The molecule has 0 bridgehead atoms. The van der Waals surface area contributed by atoms with Crippen molar-refractivity contribution in [2.75, 3.05) is 7.05 Å². The van der Waals surface area contributed by atoms with Gasteiger partial charge >= 0.3 is 0 Å². The Balaban J connectivity index is 2.04. The van der Waals surface area contributed by atoms with E-state index in [-0.39, 0.29) is 0 Å². The molecule has 0 unspecified atom stereocenters. The molecule has 0 atom stereocenters. The van der Waals surface area contributed by atoms with E-state index in [1.807, 2.05) is 36.2 Å². The molecule has 3 N–H and O–H groups in total. The number of nitrogens with zero attached hydrogens (tertiary/aromatic N) is 2. The van der Waals surface area contributed by atoms with Gasteiger partial charge in [0.25, 0.3) is 0 Å². The predicted octanol–water partition coefficient (Wildman–Crippen LogP) is 2.53. The Bertz CT molecular complexity index is 441. The van der Waals surface area contributed by atoms with Crippen molar-refractivity contribution in [1.29, 1.82) is 0 Å². The van der Waals surface area contributed by atoms with Crippen LogP contribution in [0.4, 0.5) is 0 Å². The monoisotopic (exact) mass is 280 g/mol. The highest BCUT2D eigenvalue weighted by Gasteiger charge is 2.16. The topological polar surface area (TPSA) is 53.6 Å². The highest BCUT2D eigenvalue weighted by atomic mass is 35.5. The molecule has 1 saturated carbocycles. The van der Waals surface area contributed by atoms with Gasteiger partial charge < -0.3 is 4.90 Å². The lowest BCUT2D eigenvalue weighted by molar-refractivity contribution is 0.471. The number of guanidine groups is 1. The zero-order valence-electron chi connectivity index (χ0n) is 11.3. The van der Waals surface area contributed by atoms with Gasteiger partial charge in [-0.3, -0.25) is 5.43 Å². The van der Waals surface area contributed by atoms with Gasteiger partial charge in [-0.05, 0) is 24.5 Å². The first-order valence-electron chi connectivity index (χ1n) is 6.69. The highest BCUT2D eigenvalue weighted by molar-refractivity contribution is 6.31. The van der Waals surface area contributed by atoms with Crippen LogP contribution in [0.3, 0.4) is 0 Å². The third-order valence-corrected chi connectivity index (χ3v) is 3.85. The molecule has 5 heteroatoms. The Hall–Kier alpha value is -1.26. The van der Waals surface area contributed by atoms with Crippen molar-refractivity contribution >= 4 is 17.6 Å². The van der Waals surface area contributed by atoms with Crippen LogP contribution < -0.4 is 11.3 Å². The van der Waals surface area contributed by atoms with Gasteiger partial charge in [0.15, 0.2) is 0 Å². The predicted molar refractivity (Wildman–Crippen MR) is 79.9 cm³/mol. The molecule has 1 aromatic rings. The maximum Gasteiger partial charge on any atom is 0.208 e. The zero-order chi connectivity index (χ0) is 13.7. The molecule has 0 spiro atoms. The van der Waals surface area contributed by atoms with E-state index >= 15 is 0 Å². The van der Waals surface area contributed by atoms with Gasteiger partial charge in [-0.2, -0.15) is 0 Å². The summed E-state index contributed by atoms with van der Waals surface area (Å²) in [6, 6.07) is 8.23. The van der Waals surface area contributed by atoms with E-state index in [1.54, 1.807) is 0 Å². The Morgan fingerprint density at radius 2 is 2.11 bits per heavy atom. The Labute approximate surface area is 119 Å². The summed E-state index contributed by atoms with van der Waals surface area (Å²) in [6.45, 7) is 0.690. The van der Waals surface area contributed by atoms with E-state index in [0.717, 1.165) is 29.4 Å². The minimum atomic E-state index is 0.403. The summed E-state index contributed by atoms with van der Waals surface area (Å²) in [7, 11) is 1.97. The second kappa shape index (κ2) is 6.78. The molecule has 4 nitrogen and oxygen atoms in total. The maximum absolute atomic E-state index is 6.17. The van der Waals surface area contributed by atoms with Crippen LogP contribution >= 0.6 is 11.6 Å². The van der Waals surface area contributed by atoms with E-state index in [1.165, 1.54) is 12.8 Å². The van der Waals surface area contributed by atoms with E-state index in [0.29, 0.717) is 12.6 Å². The molecule has 1 aliphatic carbocycles. The van der Waals surface area contributed by atoms with Crippen LogP contribution in [0, 0.1) is 0 Å². The third-order valence-electron chi connectivity index (χ3n) is 3.49. The maximum atomic E-state index is 6.17. The fraction of sp³-hybridized carbons (Fsp3) is 0.500. The smallest absolute Gasteiger partial charge is 0.208 e. The summed E-state index contributed by atoms with van der Waals surface area (Å²) in [5.41, 5.74) is 3.77. The lowest BCUT2D eigenvalue weighted by atomic mass is 10.2. The average Bonchev–Trinajstić information content (AvgIpc) is 2.91. The first-order valence-corrected chi connectivity index (χ1v) is 7.07.